The first-order valence-corrected chi connectivity index (χ1v) is 4.84. The van der Waals surface area contributed by atoms with Crippen LogP contribution in [0.3, 0.4) is 0 Å². The van der Waals surface area contributed by atoms with E-state index in [-0.39, 0.29) is 0 Å². The molecular formula is C10H14ClN3. The highest BCUT2D eigenvalue weighted by molar-refractivity contribution is 6.30. The number of aliphatic imine (C=N–C) groups is 1. The highest BCUT2D eigenvalue weighted by atomic mass is 35.5. The van der Waals surface area contributed by atoms with E-state index in [2.05, 4.69) is 10.3 Å². The van der Waals surface area contributed by atoms with Crippen LogP contribution in [0.1, 0.15) is 12.5 Å². The number of rotatable bonds is 2. The van der Waals surface area contributed by atoms with Crippen LogP contribution in [0.4, 0.5) is 5.69 Å². The summed E-state index contributed by atoms with van der Waals surface area (Å²) in [6.45, 7) is 4.57. The number of hydrogen-bond donors (Lipinski definition) is 2. The fourth-order valence-corrected chi connectivity index (χ4v) is 1.34. The van der Waals surface area contributed by atoms with Gasteiger partial charge in [-0.3, -0.25) is 4.99 Å². The first-order valence-electron chi connectivity index (χ1n) is 4.46. The molecular weight excluding hydrogens is 198 g/mol. The molecule has 1 aromatic rings. The van der Waals surface area contributed by atoms with Crippen LogP contribution in [-0.4, -0.2) is 12.5 Å². The van der Waals surface area contributed by atoms with E-state index in [0.717, 1.165) is 16.3 Å². The molecule has 0 aliphatic rings. The zero-order valence-electron chi connectivity index (χ0n) is 8.34. The van der Waals surface area contributed by atoms with E-state index in [1.54, 1.807) is 0 Å². The van der Waals surface area contributed by atoms with Gasteiger partial charge in [-0.25, -0.2) is 0 Å². The van der Waals surface area contributed by atoms with E-state index in [9.17, 15) is 0 Å². The fraction of sp³-hybridized carbons (Fsp3) is 0.300. The molecule has 0 bridgehead atoms. The van der Waals surface area contributed by atoms with Crippen molar-refractivity contribution in [2.45, 2.75) is 13.8 Å². The van der Waals surface area contributed by atoms with E-state index in [0.29, 0.717) is 12.5 Å². The van der Waals surface area contributed by atoms with Gasteiger partial charge < -0.3 is 11.1 Å². The molecule has 3 N–H and O–H groups in total. The topological polar surface area (TPSA) is 50.4 Å². The Morgan fingerprint density at radius 2 is 2.29 bits per heavy atom. The molecule has 76 valence electrons. The van der Waals surface area contributed by atoms with E-state index >= 15 is 0 Å². The van der Waals surface area contributed by atoms with Gasteiger partial charge in [0.05, 0.1) is 0 Å². The summed E-state index contributed by atoms with van der Waals surface area (Å²) in [6, 6.07) is 5.58. The van der Waals surface area contributed by atoms with Gasteiger partial charge in [-0.1, -0.05) is 11.6 Å². The van der Waals surface area contributed by atoms with Gasteiger partial charge in [0.25, 0.3) is 0 Å². The van der Waals surface area contributed by atoms with Crippen molar-refractivity contribution in [2.24, 2.45) is 10.7 Å². The second-order valence-electron chi connectivity index (χ2n) is 2.94. The number of benzene rings is 1. The lowest BCUT2D eigenvalue weighted by Crippen LogP contribution is -2.23. The number of anilines is 1. The molecule has 0 fully saturated rings. The van der Waals surface area contributed by atoms with Crippen LogP contribution >= 0.6 is 11.6 Å². The summed E-state index contributed by atoms with van der Waals surface area (Å²) in [7, 11) is 0. The molecule has 4 heteroatoms. The van der Waals surface area contributed by atoms with Gasteiger partial charge in [0.15, 0.2) is 5.96 Å². The summed E-state index contributed by atoms with van der Waals surface area (Å²) in [4.78, 5) is 4.03. The molecule has 0 amide bonds. The normalized spacial score (nSPS) is 11.5. The second-order valence-corrected chi connectivity index (χ2v) is 3.38. The smallest absolute Gasteiger partial charge is 0.193 e. The predicted molar refractivity (Wildman–Crippen MR) is 62.0 cm³/mol. The zero-order valence-corrected chi connectivity index (χ0v) is 9.10. The molecule has 0 saturated heterocycles. The highest BCUT2D eigenvalue weighted by Gasteiger charge is 1.99. The third-order valence-corrected chi connectivity index (χ3v) is 2.01. The van der Waals surface area contributed by atoms with Crippen molar-refractivity contribution in [1.82, 2.24) is 0 Å². The van der Waals surface area contributed by atoms with Gasteiger partial charge in [-0.15, -0.1) is 0 Å². The summed E-state index contributed by atoms with van der Waals surface area (Å²) < 4.78 is 0. The molecule has 1 rings (SSSR count). The Morgan fingerprint density at radius 1 is 1.57 bits per heavy atom. The van der Waals surface area contributed by atoms with Crippen LogP contribution in [0.2, 0.25) is 5.02 Å². The third kappa shape index (κ3) is 2.92. The monoisotopic (exact) mass is 211 g/mol. The number of nitrogens with two attached hydrogens (primary N) is 1. The van der Waals surface area contributed by atoms with Crippen LogP contribution in [0, 0.1) is 6.92 Å². The average molecular weight is 212 g/mol. The van der Waals surface area contributed by atoms with Crippen molar-refractivity contribution in [3.05, 3.63) is 28.8 Å². The maximum atomic E-state index is 5.83. The summed E-state index contributed by atoms with van der Waals surface area (Å²) in [5, 5.41) is 3.73. The lowest BCUT2D eigenvalue weighted by molar-refractivity contribution is 1.12. The van der Waals surface area contributed by atoms with Crippen molar-refractivity contribution in [3.63, 3.8) is 0 Å². The van der Waals surface area contributed by atoms with Crippen LogP contribution < -0.4 is 11.1 Å². The van der Waals surface area contributed by atoms with Crippen molar-refractivity contribution in [2.75, 3.05) is 11.9 Å². The Kier molecular flexibility index (Phi) is 3.77. The first-order chi connectivity index (χ1) is 6.63. The standard InChI is InChI=1S/C10H14ClN3/c1-3-13-10(12)14-9-5-4-8(11)6-7(9)2/h4-6H,3H2,1-2H3,(H3,12,13,14). The molecule has 0 heterocycles. The molecule has 0 aliphatic carbocycles. The van der Waals surface area contributed by atoms with Crippen LogP contribution in [0.15, 0.2) is 23.2 Å². The summed E-state index contributed by atoms with van der Waals surface area (Å²) >= 11 is 5.83. The highest BCUT2D eigenvalue weighted by Crippen LogP contribution is 2.19. The second kappa shape index (κ2) is 4.86. The van der Waals surface area contributed by atoms with Crippen LogP contribution in [0.25, 0.3) is 0 Å². The van der Waals surface area contributed by atoms with E-state index in [1.165, 1.54) is 0 Å². The van der Waals surface area contributed by atoms with Crippen LogP contribution in [0.5, 0.6) is 0 Å². The zero-order chi connectivity index (χ0) is 10.6. The SMILES string of the molecule is CCN=C(N)Nc1ccc(Cl)cc1C. The minimum absolute atomic E-state index is 0.429. The lowest BCUT2D eigenvalue weighted by Gasteiger charge is -2.08. The molecule has 14 heavy (non-hydrogen) atoms. The molecule has 0 saturated carbocycles. The molecule has 0 atom stereocenters. The Morgan fingerprint density at radius 3 is 2.86 bits per heavy atom. The van der Waals surface area contributed by atoms with Crippen molar-refractivity contribution < 1.29 is 0 Å². The van der Waals surface area contributed by atoms with E-state index < -0.39 is 0 Å². The number of hydrogen-bond acceptors (Lipinski definition) is 1. The molecule has 0 unspecified atom stereocenters. The van der Waals surface area contributed by atoms with Crippen LogP contribution in [-0.2, 0) is 0 Å². The molecule has 3 nitrogen and oxygen atoms in total. The molecule has 0 aliphatic heterocycles. The predicted octanol–water partition coefficient (Wildman–Crippen LogP) is 2.39. The van der Waals surface area contributed by atoms with Gasteiger partial charge in [-0.2, -0.15) is 0 Å². The first kappa shape index (κ1) is 10.9. The maximum Gasteiger partial charge on any atom is 0.193 e. The number of nitrogens with one attached hydrogen (secondary N) is 1. The molecule has 0 spiro atoms. The Bertz CT molecular complexity index is 347. The van der Waals surface area contributed by atoms with Gasteiger partial charge >= 0.3 is 0 Å². The van der Waals surface area contributed by atoms with Gasteiger partial charge in [0.2, 0.25) is 0 Å². The largest absolute Gasteiger partial charge is 0.370 e. The summed E-state index contributed by atoms with van der Waals surface area (Å²) in [6.07, 6.45) is 0. The Hall–Kier alpha value is -1.22. The minimum atomic E-state index is 0.429. The van der Waals surface area contributed by atoms with Crippen molar-refractivity contribution >= 4 is 23.2 Å². The quantitative estimate of drug-likeness (QED) is 0.583. The van der Waals surface area contributed by atoms with E-state index in [1.807, 2.05) is 32.0 Å². The van der Waals surface area contributed by atoms with Crippen molar-refractivity contribution in [3.8, 4) is 0 Å². The van der Waals surface area contributed by atoms with Gasteiger partial charge in [0, 0.05) is 17.3 Å². The number of halogens is 1. The Balaban J connectivity index is 2.82. The summed E-state index contributed by atoms with van der Waals surface area (Å²) in [5.74, 6) is 0.429. The average Bonchev–Trinajstić information content (AvgIpc) is 2.10. The summed E-state index contributed by atoms with van der Waals surface area (Å²) in [5.41, 5.74) is 7.61. The Labute approximate surface area is 89.0 Å². The molecule has 0 aromatic heterocycles. The number of aryl methyl sites for hydroxylation is 1. The van der Waals surface area contributed by atoms with E-state index in [4.69, 9.17) is 17.3 Å². The van der Waals surface area contributed by atoms with Gasteiger partial charge in [0.1, 0.15) is 0 Å². The molecule has 0 radical (unpaired) electrons. The number of nitrogens with zero attached hydrogens (tertiary/aromatic N) is 1. The molecule has 1 aromatic carbocycles. The van der Waals surface area contributed by atoms with Crippen molar-refractivity contribution in [1.29, 1.82) is 0 Å². The maximum absolute atomic E-state index is 5.83. The fourth-order valence-electron chi connectivity index (χ4n) is 1.12. The third-order valence-electron chi connectivity index (χ3n) is 1.78. The lowest BCUT2D eigenvalue weighted by atomic mass is 10.2. The van der Waals surface area contributed by atoms with Gasteiger partial charge in [-0.05, 0) is 37.6 Å². The number of guanidine groups is 1. The minimum Gasteiger partial charge on any atom is -0.370 e.